The summed E-state index contributed by atoms with van der Waals surface area (Å²) < 4.78 is 12.9. The highest BCUT2D eigenvalue weighted by atomic mass is 16.3. The first-order valence-electron chi connectivity index (χ1n) is 17.1. The lowest BCUT2D eigenvalue weighted by Gasteiger charge is -2.19. The minimum atomic E-state index is 0.842. The lowest BCUT2D eigenvalue weighted by molar-refractivity contribution is 0.663. The van der Waals surface area contributed by atoms with Crippen LogP contribution in [0.5, 0.6) is 0 Å². The van der Waals surface area contributed by atoms with Gasteiger partial charge in [0.2, 0.25) is 0 Å². The summed E-state index contributed by atoms with van der Waals surface area (Å²) >= 11 is 0. The Kier molecular flexibility index (Phi) is 5.70. The van der Waals surface area contributed by atoms with Gasteiger partial charge in [-0.05, 0) is 96.0 Å². The van der Waals surface area contributed by atoms with Crippen molar-refractivity contribution < 1.29 is 8.83 Å². The smallest absolute Gasteiger partial charge is 0.147 e. The Morgan fingerprint density at radius 3 is 1.56 bits per heavy atom. The number of para-hydroxylation sites is 1. The highest BCUT2D eigenvalue weighted by Gasteiger charge is 2.21. The fourth-order valence-corrected chi connectivity index (χ4v) is 8.31. The second kappa shape index (κ2) is 10.4. The summed E-state index contributed by atoms with van der Waals surface area (Å²) in [5, 5.41) is 11.7. The van der Waals surface area contributed by atoms with Crippen LogP contribution in [0.1, 0.15) is 0 Å². The Balaban J connectivity index is 1.18. The molecular formula is C48H28O2. The predicted molar refractivity (Wildman–Crippen MR) is 210 cm³/mol. The molecule has 11 rings (SSSR count). The Morgan fingerprint density at radius 1 is 0.280 bits per heavy atom. The molecule has 0 aliphatic heterocycles. The molecule has 2 aromatic heterocycles. The summed E-state index contributed by atoms with van der Waals surface area (Å²) in [6, 6.07) is 60.9. The van der Waals surface area contributed by atoms with E-state index in [1.807, 2.05) is 12.1 Å². The first-order valence-corrected chi connectivity index (χ1v) is 17.1. The number of rotatable bonds is 3. The molecule has 0 amide bonds. The second-order valence-electron chi connectivity index (χ2n) is 13.1. The van der Waals surface area contributed by atoms with Crippen molar-refractivity contribution in [3.63, 3.8) is 0 Å². The molecule has 0 radical (unpaired) electrons. The molecule has 0 saturated carbocycles. The molecular weight excluding hydrogens is 609 g/mol. The van der Waals surface area contributed by atoms with Crippen LogP contribution in [0.2, 0.25) is 0 Å². The summed E-state index contributed by atoms with van der Waals surface area (Å²) in [6.07, 6.45) is 0. The zero-order valence-electron chi connectivity index (χ0n) is 27.0. The van der Waals surface area contributed by atoms with Gasteiger partial charge >= 0.3 is 0 Å². The molecule has 0 aliphatic carbocycles. The molecule has 0 fully saturated rings. The van der Waals surface area contributed by atoms with Crippen LogP contribution in [0.4, 0.5) is 0 Å². The van der Waals surface area contributed by atoms with Gasteiger partial charge in [-0.15, -0.1) is 0 Å². The van der Waals surface area contributed by atoms with Crippen molar-refractivity contribution in [2.45, 2.75) is 0 Å². The topological polar surface area (TPSA) is 26.3 Å². The van der Waals surface area contributed by atoms with E-state index < -0.39 is 0 Å². The minimum Gasteiger partial charge on any atom is -0.456 e. The van der Waals surface area contributed by atoms with Gasteiger partial charge < -0.3 is 8.83 Å². The lowest BCUT2D eigenvalue weighted by Crippen LogP contribution is -1.92. The number of furan rings is 2. The number of benzene rings is 9. The fourth-order valence-electron chi connectivity index (χ4n) is 8.31. The largest absolute Gasteiger partial charge is 0.456 e. The van der Waals surface area contributed by atoms with Crippen molar-refractivity contribution in [1.29, 1.82) is 0 Å². The van der Waals surface area contributed by atoms with E-state index in [-0.39, 0.29) is 0 Å². The molecule has 0 N–H and O–H groups in total. The van der Waals surface area contributed by atoms with Crippen molar-refractivity contribution in [2.24, 2.45) is 0 Å². The molecule has 0 unspecified atom stereocenters. The molecule has 232 valence electrons. The van der Waals surface area contributed by atoms with Gasteiger partial charge in [0.1, 0.15) is 22.3 Å². The maximum absolute atomic E-state index is 6.75. The molecule has 9 aromatic carbocycles. The molecule has 0 saturated heterocycles. The van der Waals surface area contributed by atoms with Gasteiger partial charge in [-0.25, -0.2) is 0 Å². The maximum Gasteiger partial charge on any atom is 0.147 e. The SMILES string of the molecule is c1ccc(-c2ccc(-c3c4ccccc4c(-c4ccc5c(c4)oc4c5ccc5oc6ccccc6c54)c4ccccc34)c3ccccc23)cc1. The summed E-state index contributed by atoms with van der Waals surface area (Å²) in [5.41, 5.74) is 10.8. The fraction of sp³-hybridized carbons (Fsp3) is 0. The Morgan fingerprint density at radius 2 is 0.840 bits per heavy atom. The molecule has 2 nitrogen and oxygen atoms in total. The predicted octanol–water partition coefficient (Wildman–Crippen LogP) is 13.9. The Bertz CT molecular complexity index is 3080. The lowest BCUT2D eigenvalue weighted by atomic mass is 9.83. The Labute approximate surface area is 287 Å². The van der Waals surface area contributed by atoms with Crippen LogP contribution < -0.4 is 0 Å². The van der Waals surface area contributed by atoms with Crippen LogP contribution in [0.15, 0.2) is 179 Å². The molecule has 11 aromatic rings. The van der Waals surface area contributed by atoms with E-state index in [2.05, 4.69) is 158 Å². The highest BCUT2D eigenvalue weighted by molar-refractivity contribution is 6.25. The van der Waals surface area contributed by atoms with Gasteiger partial charge in [-0.3, -0.25) is 0 Å². The summed E-state index contributed by atoms with van der Waals surface area (Å²) in [4.78, 5) is 0. The third kappa shape index (κ3) is 3.85. The first-order chi connectivity index (χ1) is 24.8. The summed E-state index contributed by atoms with van der Waals surface area (Å²) in [6.45, 7) is 0. The molecule has 0 aliphatic rings. The summed E-state index contributed by atoms with van der Waals surface area (Å²) in [5.74, 6) is 0. The van der Waals surface area contributed by atoms with Crippen molar-refractivity contribution in [3.05, 3.63) is 170 Å². The number of fused-ring (bicyclic) bond motifs is 10. The van der Waals surface area contributed by atoms with E-state index in [1.54, 1.807) is 0 Å². The van der Waals surface area contributed by atoms with Crippen molar-refractivity contribution in [1.82, 2.24) is 0 Å². The van der Waals surface area contributed by atoms with Crippen molar-refractivity contribution >= 4 is 76.2 Å². The number of hydrogen-bond donors (Lipinski definition) is 0. The normalized spacial score (nSPS) is 12.0. The third-order valence-corrected chi connectivity index (χ3v) is 10.5. The van der Waals surface area contributed by atoms with E-state index in [1.165, 1.54) is 60.1 Å². The van der Waals surface area contributed by atoms with Gasteiger partial charge in [0.25, 0.3) is 0 Å². The monoisotopic (exact) mass is 636 g/mol. The molecule has 0 spiro atoms. The van der Waals surface area contributed by atoms with Crippen LogP contribution in [0.3, 0.4) is 0 Å². The van der Waals surface area contributed by atoms with Crippen molar-refractivity contribution in [3.8, 4) is 33.4 Å². The average molecular weight is 637 g/mol. The van der Waals surface area contributed by atoms with Gasteiger partial charge in [-0.1, -0.05) is 140 Å². The van der Waals surface area contributed by atoms with E-state index in [4.69, 9.17) is 8.83 Å². The standard InChI is InChI=1S/C48H28O2/c1-2-12-29(13-3-1)31-24-25-39(33-15-5-4-14-32(31)33)46-37-18-8-6-16-35(37)45(36-17-7-9-19-38(36)46)30-22-23-34-40-26-27-43-47(48(40)50-44(34)28-30)41-20-10-11-21-42(41)49-43/h1-28H. The van der Waals surface area contributed by atoms with Crippen molar-refractivity contribution in [2.75, 3.05) is 0 Å². The van der Waals surface area contributed by atoms with E-state index in [0.717, 1.165) is 49.4 Å². The zero-order valence-corrected chi connectivity index (χ0v) is 27.0. The van der Waals surface area contributed by atoms with Crippen LogP contribution >= 0.6 is 0 Å². The highest BCUT2D eigenvalue weighted by Crippen LogP contribution is 2.47. The van der Waals surface area contributed by atoms with Gasteiger partial charge in [0.15, 0.2) is 0 Å². The van der Waals surface area contributed by atoms with E-state index in [0.29, 0.717) is 0 Å². The average Bonchev–Trinajstić information content (AvgIpc) is 3.75. The van der Waals surface area contributed by atoms with Gasteiger partial charge in [-0.2, -0.15) is 0 Å². The van der Waals surface area contributed by atoms with Crippen LogP contribution in [0, 0.1) is 0 Å². The molecule has 50 heavy (non-hydrogen) atoms. The Hall–Kier alpha value is -6.64. The van der Waals surface area contributed by atoms with E-state index in [9.17, 15) is 0 Å². The summed E-state index contributed by atoms with van der Waals surface area (Å²) in [7, 11) is 0. The first kappa shape index (κ1) is 27.3. The van der Waals surface area contributed by atoms with Gasteiger partial charge in [0.05, 0.1) is 5.39 Å². The van der Waals surface area contributed by atoms with Crippen LogP contribution in [-0.4, -0.2) is 0 Å². The quantitative estimate of drug-likeness (QED) is 0.180. The third-order valence-electron chi connectivity index (χ3n) is 10.5. The van der Waals surface area contributed by atoms with Gasteiger partial charge in [0, 0.05) is 16.2 Å². The number of hydrogen-bond acceptors (Lipinski definition) is 2. The van der Waals surface area contributed by atoms with Crippen LogP contribution in [0.25, 0.3) is 110 Å². The molecule has 2 heteroatoms. The molecule has 0 atom stereocenters. The molecule has 0 bridgehead atoms. The second-order valence-corrected chi connectivity index (χ2v) is 13.1. The van der Waals surface area contributed by atoms with Crippen LogP contribution in [-0.2, 0) is 0 Å². The minimum absolute atomic E-state index is 0.842. The van der Waals surface area contributed by atoms with E-state index >= 15 is 0 Å². The maximum atomic E-state index is 6.75. The molecule has 2 heterocycles. The zero-order chi connectivity index (χ0) is 32.8.